The minimum atomic E-state index is -1.14. The number of benzene rings is 1. The number of rotatable bonds is 13. The van der Waals surface area contributed by atoms with Crippen molar-refractivity contribution in [3.8, 4) is 12.3 Å². The molecule has 46 heavy (non-hydrogen) atoms. The number of urea groups is 1. The third-order valence-electron chi connectivity index (χ3n) is 9.06. The molecule has 1 aromatic rings. The van der Waals surface area contributed by atoms with E-state index < -0.39 is 52.7 Å². The smallest absolute Gasteiger partial charge is 0.315 e. The standard InChI is InChI=1S/C36H51N5O5/c1-7-9-18-27(29(42)32(44)37-22-8-2)38-31(43)28-25(3)19-23-41(28)33(45)30(35(4,5)6)39-34(46)40-36(20-14-11-15-21-36)24-26-16-12-10-13-17-26/h1,8,10,12-13,16-17,25,27-28,30H,2,9,11,14-15,18-24H2,3-6H3,(H,37,44)(H,38,43)(H2,39,40,46)/t25?,27?,28-,30?/m0/s1. The highest BCUT2D eigenvalue weighted by atomic mass is 16.2. The minimum Gasteiger partial charge on any atom is -0.346 e. The van der Waals surface area contributed by atoms with Gasteiger partial charge in [0.05, 0.1) is 6.04 Å². The van der Waals surface area contributed by atoms with E-state index in [1.807, 2.05) is 45.9 Å². The van der Waals surface area contributed by atoms with Crippen LogP contribution in [0, 0.1) is 23.7 Å². The normalized spacial score (nSPS) is 20.4. The van der Waals surface area contributed by atoms with Gasteiger partial charge in [-0.05, 0) is 49.0 Å². The molecule has 4 atom stereocenters. The van der Waals surface area contributed by atoms with Crippen molar-refractivity contribution < 1.29 is 24.0 Å². The summed E-state index contributed by atoms with van der Waals surface area (Å²) >= 11 is 0. The molecule has 1 heterocycles. The second-order valence-corrected chi connectivity index (χ2v) is 13.8. The molecule has 2 fully saturated rings. The monoisotopic (exact) mass is 633 g/mol. The molecule has 250 valence electrons. The average molecular weight is 634 g/mol. The van der Waals surface area contributed by atoms with Crippen molar-refractivity contribution in [2.45, 2.75) is 109 Å². The number of carbonyl (C=O) groups is 5. The summed E-state index contributed by atoms with van der Waals surface area (Å²) < 4.78 is 0. The molecule has 1 aromatic carbocycles. The van der Waals surface area contributed by atoms with E-state index in [1.165, 1.54) is 11.0 Å². The molecule has 4 N–H and O–H groups in total. The number of hydrogen-bond acceptors (Lipinski definition) is 5. The maximum absolute atomic E-state index is 14.2. The summed E-state index contributed by atoms with van der Waals surface area (Å²) in [7, 11) is 0. The van der Waals surface area contributed by atoms with Crippen LogP contribution in [0.5, 0.6) is 0 Å². The van der Waals surface area contributed by atoms with Gasteiger partial charge in [-0.25, -0.2) is 4.79 Å². The SMILES string of the molecule is C#CCCC(NC(=O)[C@@H]1C(C)CCN1C(=O)C(NC(=O)NC1(Cc2ccccc2)CCCCC1)C(C)(C)C)C(=O)C(=O)NCC=C. The third kappa shape index (κ3) is 9.68. The fraction of sp³-hybridized carbons (Fsp3) is 0.583. The lowest BCUT2D eigenvalue weighted by molar-refractivity contribution is -0.144. The Morgan fingerprint density at radius 1 is 1.09 bits per heavy atom. The number of hydrogen-bond donors (Lipinski definition) is 4. The number of likely N-dealkylation sites (tertiary alicyclic amines) is 1. The molecule has 1 aliphatic heterocycles. The van der Waals surface area contributed by atoms with Crippen molar-refractivity contribution in [2.24, 2.45) is 11.3 Å². The maximum atomic E-state index is 14.2. The van der Waals surface area contributed by atoms with E-state index in [0.29, 0.717) is 19.4 Å². The summed E-state index contributed by atoms with van der Waals surface area (Å²) in [6.07, 6.45) is 13.2. The zero-order chi connectivity index (χ0) is 33.9. The molecule has 0 aromatic heterocycles. The third-order valence-corrected chi connectivity index (χ3v) is 9.06. The molecule has 0 spiro atoms. The van der Waals surface area contributed by atoms with Crippen LogP contribution in [0.25, 0.3) is 0 Å². The molecule has 1 aliphatic carbocycles. The molecular weight excluding hydrogens is 582 g/mol. The van der Waals surface area contributed by atoms with Gasteiger partial charge < -0.3 is 26.2 Å². The van der Waals surface area contributed by atoms with E-state index in [2.05, 4.69) is 45.9 Å². The molecule has 0 bridgehead atoms. The van der Waals surface area contributed by atoms with Gasteiger partial charge in [0.15, 0.2) is 0 Å². The Bertz CT molecular complexity index is 1290. The van der Waals surface area contributed by atoms with Gasteiger partial charge in [0.1, 0.15) is 12.1 Å². The summed E-state index contributed by atoms with van der Waals surface area (Å²) in [4.78, 5) is 68.4. The van der Waals surface area contributed by atoms with Gasteiger partial charge in [-0.3, -0.25) is 19.2 Å². The van der Waals surface area contributed by atoms with Crippen molar-refractivity contribution in [1.29, 1.82) is 0 Å². The topological polar surface area (TPSA) is 137 Å². The Labute approximate surface area is 273 Å². The number of nitrogens with zero attached hydrogens (tertiary/aromatic N) is 1. The molecular formula is C36H51N5O5. The molecule has 0 radical (unpaired) electrons. The Hall–Kier alpha value is -4.13. The number of Topliss-reactive ketones (excluding diaryl/α,β-unsaturated/α-hetero) is 1. The quantitative estimate of drug-likeness (QED) is 0.149. The Kier molecular flexibility index (Phi) is 13.0. The van der Waals surface area contributed by atoms with Crippen LogP contribution in [0.15, 0.2) is 43.0 Å². The van der Waals surface area contributed by atoms with Gasteiger partial charge >= 0.3 is 6.03 Å². The lowest BCUT2D eigenvalue weighted by Crippen LogP contribution is -2.62. The van der Waals surface area contributed by atoms with E-state index in [9.17, 15) is 24.0 Å². The van der Waals surface area contributed by atoms with Crippen LogP contribution in [0.4, 0.5) is 4.79 Å². The van der Waals surface area contributed by atoms with Crippen molar-refractivity contribution in [3.63, 3.8) is 0 Å². The van der Waals surface area contributed by atoms with Crippen LogP contribution in [-0.2, 0) is 25.6 Å². The number of amides is 5. The zero-order valence-electron chi connectivity index (χ0n) is 27.8. The molecule has 1 saturated heterocycles. The molecule has 3 rings (SSSR count). The van der Waals surface area contributed by atoms with Gasteiger partial charge in [-0.2, -0.15) is 0 Å². The second kappa shape index (κ2) is 16.4. The first-order chi connectivity index (χ1) is 21.8. The molecule has 10 nitrogen and oxygen atoms in total. The average Bonchev–Trinajstić information content (AvgIpc) is 3.41. The predicted octanol–water partition coefficient (Wildman–Crippen LogP) is 3.65. The summed E-state index contributed by atoms with van der Waals surface area (Å²) in [6.45, 7) is 11.4. The van der Waals surface area contributed by atoms with Crippen molar-refractivity contribution in [1.82, 2.24) is 26.2 Å². The van der Waals surface area contributed by atoms with Crippen LogP contribution in [0.3, 0.4) is 0 Å². The number of ketones is 1. The first-order valence-electron chi connectivity index (χ1n) is 16.4. The van der Waals surface area contributed by atoms with Crippen LogP contribution in [-0.4, -0.2) is 71.2 Å². The highest BCUT2D eigenvalue weighted by Gasteiger charge is 2.46. The fourth-order valence-corrected chi connectivity index (χ4v) is 6.54. The minimum absolute atomic E-state index is 0.0781. The number of terminal acetylenes is 1. The Morgan fingerprint density at radius 2 is 1.76 bits per heavy atom. The van der Waals surface area contributed by atoms with Crippen molar-refractivity contribution in [2.75, 3.05) is 13.1 Å². The van der Waals surface area contributed by atoms with Gasteiger partial charge in [-0.1, -0.05) is 83.4 Å². The molecule has 5 amide bonds. The highest BCUT2D eigenvalue weighted by Crippen LogP contribution is 2.32. The van der Waals surface area contributed by atoms with E-state index in [1.54, 1.807) is 0 Å². The van der Waals surface area contributed by atoms with Crippen molar-refractivity contribution >= 4 is 29.5 Å². The lowest BCUT2D eigenvalue weighted by atomic mass is 9.77. The van der Waals surface area contributed by atoms with Crippen LogP contribution in [0.2, 0.25) is 0 Å². The summed E-state index contributed by atoms with van der Waals surface area (Å²) in [5.41, 5.74) is 0.0531. The second-order valence-electron chi connectivity index (χ2n) is 13.8. The Balaban J connectivity index is 1.78. The first-order valence-corrected chi connectivity index (χ1v) is 16.4. The van der Waals surface area contributed by atoms with Crippen LogP contribution >= 0.6 is 0 Å². The summed E-state index contributed by atoms with van der Waals surface area (Å²) in [5, 5.41) is 11.4. The fourth-order valence-electron chi connectivity index (χ4n) is 6.54. The lowest BCUT2D eigenvalue weighted by Gasteiger charge is -2.40. The van der Waals surface area contributed by atoms with Crippen LogP contribution in [0.1, 0.15) is 84.6 Å². The maximum Gasteiger partial charge on any atom is 0.315 e. The van der Waals surface area contributed by atoms with Gasteiger partial charge in [0, 0.05) is 25.0 Å². The molecule has 2 aliphatic rings. The van der Waals surface area contributed by atoms with Crippen molar-refractivity contribution in [3.05, 3.63) is 48.6 Å². The number of nitrogens with one attached hydrogen (secondary N) is 4. The largest absolute Gasteiger partial charge is 0.346 e. The molecule has 3 unspecified atom stereocenters. The summed E-state index contributed by atoms with van der Waals surface area (Å²) in [5.74, 6) is -0.336. The predicted molar refractivity (Wildman–Crippen MR) is 178 cm³/mol. The van der Waals surface area contributed by atoms with Crippen LogP contribution < -0.4 is 21.3 Å². The molecule has 10 heteroatoms. The zero-order valence-corrected chi connectivity index (χ0v) is 27.8. The first kappa shape index (κ1) is 36.3. The highest BCUT2D eigenvalue weighted by molar-refractivity contribution is 6.38. The van der Waals surface area contributed by atoms with E-state index >= 15 is 0 Å². The Morgan fingerprint density at radius 3 is 2.37 bits per heavy atom. The number of carbonyl (C=O) groups excluding carboxylic acids is 5. The summed E-state index contributed by atoms with van der Waals surface area (Å²) in [6, 6.07) is 6.73. The van der Waals surface area contributed by atoms with Gasteiger partial charge in [0.2, 0.25) is 17.6 Å². The molecule has 1 saturated carbocycles. The van der Waals surface area contributed by atoms with E-state index in [0.717, 1.165) is 37.7 Å². The van der Waals surface area contributed by atoms with E-state index in [-0.39, 0.29) is 31.2 Å². The van der Waals surface area contributed by atoms with Gasteiger partial charge in [-0.15, -0.1) is 18.9 Å². The van der Waals surface area contributed by atoms with Gasteiger partial charge in [0.25, 0.3) is 5.91 Å². The van der Waals surface area contributed by atoms with E-state index in [4.69, 9.17) is 6.42 Å².